The van der Waals surface area contributed by atoms with Gasteiger partial charge in [0, 0.05) is 25.9 Å². The minimum absolute atomic E-state index is 0. The van der Waals surface area contributed by atoms with E-state index in [-0.39, 0.29) is 13.5 Å². The maximum atomic E-state index is 9.36. The first-order valence-electron chi connectivity index (χ1n) is 4.33. The van der Waals surface area contributed by atoms with Gasteiger partial charge in [0.25, 0.3) is 0 Å². The molecule has 15 heavy (non-hydrogen) atoms. The van der Waals surface area contributed by atoms with Crippen molar-refractivity contribution in [2.75, 3.05) is 14.1 Å². The van der Waals surface area contributed by atoms with Crippen molar-refractivity contribution in [3.63, 3.8) is 0 Å². The van der Waals surface area contributed by atoms with Crippen LogP contribution in [0.3, 0.4) is 0 Å². The third kappa shape index (κ3) is 2.54. The van der Waals surface area contributed by atoms with Crippen molar-refractivity contribution in [2.45, 2.75) is 0 Å². The standard InChI is InChI=1S/C10H12N2OS.H2S/c1-11-7-10(12(2)14-11)8-4-3-5-9(13)6-8;/h3-7,13H,1-2H3;1H2. The number of aromatic hydroxyl groups is 1. The van der Waals surface area contributed by atoms with Gasteiger partial charge in [-0.3, -0.25) is 4.31 Å². The van der Waals surface area contributed by atoms with Gasteiger partial charge in [0.1, 0.15) is 5.75 Å². The zero-order valence-electron chi connectivity index (χ0n) is 8.64. The molecule has 82 valence electrons. The molecule has 0 amide bonds. The molecule has 1 aliphatic heterocycles. The van der Waals surface area contributed by atoms with Crippen LogP contribution in [0.2, 0.25) is 0 Å². The van der Waals surface area contributed by atoms with Crippen LogP contribution in [-0.4, -0.2) is 27.8 Å². The predicted octanol–water partition coefficient (Wildman–Crippen LogP) is 2.24. The van der Waals surface area contributed by atoms with Gasteiger partial charge in [-0.15, -0.1) is 0 Å². The van der Waals surface area contributed by atoms with Crippen molar-refractivity contribution in [3.8, 4) is 5.75 Å². The summed E-state index contributed by atoms with van der Waals surface area (Å²) in [7, 11) is 4.00. The third-order valence-corrected chi connectivity index (χ3v) is 2.84. The van der Waals surface area contributed by atoms with Crippen LogP contribution in [-0.2, 0) is 0 Å². The Hall–Kier alpha value is -0.940. The fraction of sp³-hybridized carbons (Fsp3) is 0.200. The Morgan fingerprint density at radius 2 is 2.00 bits per heavy atom. The van der Waals surface area contributed by atoms with E-state index in [1.54, 1.807) is 24.3 Å². The first-order valence-corrected chi connectivity index (χ1v) is 5.06. The molecule has 0 bridgehead atoms. The normalized spacial score (nSPS) is 14.9. The number of hydrogen-bond donors (Lipinski definition) is 1. The fourth-order valence-electron chi connectivity index (χ4n) is 1.44. The second-order valence-corrected chi connectivity index (χ2v) is 4.48. The molecular formula is C10H14N2OS2. The van der Waals surface area contributed by atoms with Gasteiger partial charge in [0.2, 0.25) is 0 Å². The summed E-state index contributed by atoms with van der Waals surface area (Å²) in [6.07, 6.45) is 2.04. The average molecular weight is 242 g/mol. The highest BCUT2D eigenvalue weighted by molar-refractivity contribution is 7.95. The largest absolute Gasteiger partial charge is 0.508 e. The summed E-state index contributed by atoms with van der Waals surface area (Å²) in [5.41, 5.74) is 2.14. The molecule has 1 heterocycles. The van der Waals surface area contributed by atoms with Crippen LogP contribution < -0.4 is 0 Å². The summed E-state index contributed by atoms with van der Waals surface area (Å²) >= 11 is 1.62. The number of phenolic OH excluding ortho intramolecular Hbond substituents is 1. The molecule has 0 spiro atoms. The van der Waals surface area contributed by atoms with Crippen LogP contribution in [0.1, 0.15) is 5.56 Å². The van der Waals surface area contributed by atoms with E-state index in [2.05, 4.69) is 4.31 Å². The van der Waals surface area contributed by atoms with Gasteiger partial charge < -0.3 is 9.41 Å². The van der Waals surface area contributed by atoms with E-state index in [0.29, 0.717) is 5.75 Å². The van der Waals surface area contributed by atoms with Crippen LogP contribution in [0.5, 0.6) is 5.75 Å². The van der Waals surface area contributed by atoms with E-state index >= 15 is 0 Å². The third-order valence-electron chi connectivity index (χ3n) is 2.04. The summed E-state index contributed by atoms with van der Waals surface area (Å²) in [5.74, 6) is 0.302. The summed E-state index contributed by atoms with van der Waals surface area (Å²) in [4.78, 5) is 0. The lowest BCUT2D eigenvalue weighted by Gasteiger charge is -2.14. The van der Waals surface area contributed by atoms with E-state index < -0.39 is 0 Å². The summed E-state index contributed by atoms with van der Waals surface area (Å²) in [5, 5.41) is 9.36. The fourth-order valence-corrected chi connectivity index (χ4v) is 2.21. The number of nitrogens with zero attached hydrogens (tertiary/aromatic N) is 2. The van der Waals surface area contributed by atoms with Gasteiger partial charge in [-0.25, -0.2) is 0 Å². The Morgan fingerprint density at radius 1 is 1.27 bits per heavy atom. The van der Waals surface area contributed by atoms with Crippen molar-refractivity contribution in [3.05, 3.63) is 36.0 Å². The Bertz CT molecular complexity index is 381. The number of benzene rings is 1. The van der Waals surface area contributed by atoms with Crippen LogP contribution in [0, 0.1) is 0 Å². The average Bonchev–Trinajstić information content (AvgIpc) is 2.45. The Balaban J connectivity index is 0.00000112. The molecule has 1 aromatic rings. The topological polar surface area (TPSA) is 26.7 Å². The molecule has 0 atom stereocenters. The quantitative estimate of drug-likeness (QED) is 0.764. The molecule has 1 aliphatic rings. The molecule has 0 saturated carbocycles. The minimum atomic E-state index is 0. The van der Waals surface area contributed by atoms with E-state index in [1.165, 1.54) is 0 Å². The second kappa shape index (κ2) is 4.72. The lowest BCUT2D eigenvalue weighted by atomic mass is 10.1. The van der Waals surface area contributed by atoms with Gasteiger partial charge in [-0.2, -0.15) is 13.5 Å². The first kappa shape index (κ1) is 12.1. The Morgan fingerprint density at radius 3 is 2.53 bits per heavy atom. The highest BCUT2D eigenvalue weighted by atomic mass is 32.2. The number of hydrogen-bond acceptors (Lipinski definition) is 4. The van der Waals surface area contributed by atoms with Gasteiger partial charge in [-0.05, 0) is 12.1 Å². The van der Waals surface area contributed by atoms with E-state index in [9.17, 15) is 5.11 Å². The zero-order chi connectivity index (χ0) is 10.1. The smallest absolute Gasteiger partial charge is 0.116 e. The molecule has 0 saturated heterocycles. The molecule has 0 unspecified atom stereocenters. The number of rotatable bonds is 1. The van der Waals surface area contributed by atoms with E-state index in [1.807, 2.05) is 36.7 Å². The molecule has 5 heteroatoms. The van der Waals surface area contributed by atoms with Crippen LogP contribution in [0.4, 0.5) is 0 Å². The summed E-state index contributed by atoms with van der Waals surface area (Å²) in [6.45, 7) is 0. The van der Waals surface area contributed by atoms with Crippen molar-refractivity contribution in [2.24, 2.45) is 0 Å². The zero-order valence-corrected chi connectivity index (χ0v) is 10.5. The molecular weight excluding hydrogens is 228 g/mol. The molecule has 3 nitrogen and oxygen atoms in total. The van der Waals surface area contributed by atoms with Gasteiger partial charge in [0.15, 0.2) is 0 Å². The molecule has 0 aliphatic carbocycles. The molecule has 0 radical (unpaired) electrons. The van der Waals surface area contributed by atoms with Crippen LogP contribution in [0.25, 0.3) is 5.70 Å². The van der Waals surface area contributed by atoms with Crippen LogP contribution >= 0.6 is 25.6 Å². The maximum Gasteiger partial charge on any atom is 0.116 e. The molecule has 1 N–H and O–H groups in total. The minimum Gasteiger partial charge on any atom is -0.508 e. The number of phenols is 1. The molecule has 0 fully saturated rings. The lowest BCUT2D eigenvalue weighted by molar-refractivity contribution is 0.475. The summed E-state index contributed by atoms with van der Waals surface area (Å²) < 4.78 is 4.09. The van der Waals surface area contributed by atoms with Gasteiger partial charge >= 0.3 is 0 Å². The predicted molar refractivity (Wildman–Crippen MR) is 69.6 cm³/mol. The molecule has 1 aromatic carbocycles. The molecule has 2 rings (SSSR count). The lowest BCUT2D eigenvalue weighted by Crippen LogP contribution is -2.04. The first-order chi connectivity index (χ1) is 6.66. The van der Waals surface area contributed by atoms with Crippen molar-refractivity contribution < 1.29 is 5.11 Å². The Kier molecular flexibility index (Phi) is 3.82. The highest BCUT2D eigenvalue weighted by Gasteiger charge is 2.17. The van der Waals surface area contributed by atoms with E-state index in [0.717, 1.165) is 11.3 Å². The SMILES string of the molecule is CN1C=C(c2cccc(O)c2)N(C)S1.S. The van der Waals surface area contributed by atoms with Gasteiger partial charge in [-0.1, -0.05) is 12.1 Å². The van der Waals surface area contributed by atoms with Crippen molar-refractivity contribution in [1.29, 1.82) is 0 Å². The van der Waals surface area contributed by atoms with Crippen molar-refractivity contribution >= 4 is 31.3 Å². The monoisotopic (exact) mass is 242 g/mol. The highest BCUT2D eigenvalue weighted by Crippen LogP contribution is 2.34. The van der Waals surface area contributed by atoms with Crippen molar-refractivity contribution in [1.82, 2.24) is 8.61 Å². The second-order valence-electron chi connectivity index (χ2n) is 3.19. The van der Waals surface area contributed by atoms with Gasteiger partial charge in [0.05, 0.1) is 17.8 Å². The van der Waals surface area contributed by atoms with E-state index in [4.69, 9.17) is 0 Å². The summed E-state index contributed by atoms with van der Waals surface area (Å²) in [6, 6.07) is 7.28. The maximum absolute atomic E-state index is 9.36. The molecule has 0 aromatic heterocycles. The Labute approximate surface area is 101 Å². The van der Waals surface area contributed by atoms with Crippen LogP contribution in [0.15, 0.2) is 30.5 Å².